The molecule has 0 bridgehead atoms. The highest BCUT2D eigenvalue weighted by molar-refractivity contribution is 7.18. The van der Waals surface area contributed by atoms with E-state index in [0.717, 1.165) is 39.2 Å². The summed E-state index contributed by atoms with van der Waals surface area (Å²) in [5.41, 5.74) is 3.05. The predicted octanol–water partition coefficient (Wildman–Crippen LogP) is 3.66. The summed E-state index contributed by atoms with van der Waals surface area (Å²) in [6.07, 6.45) is 3.61. The second kappa shape index (κ2) is 6.65. The van der Waals surface area contributed by atoms with E-state index in [1.54, 1.807) is 13.1 Å². The molecule has 1 aliphatic heterocycles. The lowest BCUT2D eigenvalue weighted by Gasteiger charge is -2.34. The summed E-state index contributed by atoms with van der Waals surface area (Å²) in [6, 6.07) is 4.10. The van der Waals surface area contributed by atoms with Gasteiger partial charge in [0, 0.05) is 35.3 Å². The van der Waals surface area contributed by atoms with Crippen LogP contribution in [0.15, 0.2) is 29.9 Å². The fraction of sp³-hybridized carbons (Fsp3) is 0.300. The third-order valence-electron chi connectivity index (χ3n) is 5.12. The molecule has 1 aliphatic rings. The van der Waals surface area contributed by atoms with Crippen molar-refractivity contribution >= 4 is 44.2 Å². The number of carbonyl (C=O) groups is 1. The summed E-state index contributed by atoms with van der Waals surface area (Å²) in [6.45, 7) is 5.78. The van der Waals surface area contributed by atoms with Crippen LogP contribution >= 0.6 is 11.3 Å². The summed E-state index contributed by atoms with van der Waals surface area (Å²) < 4.78 is 6.55. The number of hydrogen-bond donors (Lipinski definition) is 1. The van der Waals surface area contributed by atoms with Crippen LogP contribution in [0.4, 0.5) is 5.82 Å². The van der Waals surface area contributed by atoms with E-state index >= 15 is 0 Å². The van der Waals surface area contributed by atoms with Gasteiger partial charge in [-0.15, -0.1) is 11.3 Å². The Balaban J connectivity index is 1.79. The number of ether oxygens (including phenoxy) is 1. The van der Waals surface area contributed by atoms with Crippen LogP contribution in [-0.4, -0.2) is 51.5 Å². The minimum absolute atomic E-state index is 0.0124. The van der Waals surface area contributed by atoms with E-state index in [2.05, 4.69) is 21.8 Å². The van der Waals surface area contributed by atoms with E-state index in [0.29, 0.717) is 24.6 Å². The van der Waals surface area contributed by atoms with Crippen LogP contribution in [-0.2, 0) is 4.74 Å². The van der Waals surface area contributed by atoms with Crippen molar-refractivity contribution in [2.75, 3.05) is 24.7 Å². The molecule has 1 saturated heterocycles. The van der Waals surface area contributed by atoms with Gasteiger partial charge in [-0.2, -0.15) is 0 Å². The number of carbonyl (C=O) groups excluding carboxylic acids is 1. The number of anilines is 1. The summed E-state index contributed by atoms with van der Waals surface area (Å²) >= 11 is 1.53. The Labute approximate surface area is 165 Å². The van der Waals surface area contributed by atoms with E-state index in [-0.39, 0.29) is 11.8 Å². The number of ketones is 1. The molecule has 0 saturated carbocycles. The maximum absolute atomic E-state index is 12.2. The highest BCUT2D eigenvalue weighted by atomic mass is 32.1. The lowest BCUT2D eigenvalue weighted by Crippen LogP contribution is -2.44. The van der Waals surface area contributed by atoms with Crippen molar-refractivity contribution in [1.82, 2.24) is 19.9 Å². The average molecular weight is 393 g/mol. The summed E-state index contributed by atoms with van der Waals surface area (Å²) in [4.78, 5) is 31.7. The number of aromatic nitrogens is 4. The first-order chi connectivity index (χ1) is 13.6. The van der Waals surface area contributed by atoms with Crippen molar-refractivity contribution in [3.05, 3.63) is 35.5 Å². The van der Waals surface area contributed by atoms with Crippen LogP contribution in [0.5, 0.6) is 0 Å². The van der Waals surface area contributed by atoms with Gasteiger partial charge in [0.05, 0.1) is 35.0 Å². The van der Waals surface area contributed by atoms with Crippen LogP contribution in [0, 0.1) is 0 Å². The number of hydrogen-bond acceptors (Lipinski definition) is 7. The Kier molecular flexibility index (Phi) is 4.10. The van der Waals surface area contributed by atoms with Crippen LogP contribution in [0.2, 0.25) is 0 Å². The number of Topliss-reactive ketones (excluding diaryl/α,β-unsaturated/α-hetero) is 1. The first-order valence-electron chi connectivity index (χ1n) is 9.20. The molecule has 4 aromatic heterocycles. The molecule has 1 N–H and O–H groups in total. The molecule has 0 aromatic carbocycles. The smallest absolute Gasteiger partial charge is 0.163 e. The van der Waals surface area contributed by atoms with Crippen LogP contribution in [0.25, 0.3) is 32.6 Å². The van der Waals surface area contributed by atoms with Crippen molar-refractivity contribution in [3.63, 3.8) is 0 Å². The molecule has 7 nitrogen and oxygen atoms in total. The second-order valence-corrected chi connectivity index (χ2v) is 7.85. The maximum atomic E-state index is 12.2. The molecule has 1 fully saturated rings. The SMILES string of the molecule is CC(=O)c1csc2c(N3CCOC[C@H]3C)nc(-c3ccnc4[nH]ccc34)nc12. The van der Waals surface area contributed by atoms with E-state index in [4.69, 9.17) is 14.7 Å². The van der Waals surface area contributed by atoms with Gasteiger partial charge in [0.2, 0.25) is 0 Å². The normalized spacial score (nSPS) is 17.5. The average Bonchev–Trinajstić information content (AvgIpc) is 3.34. The van der Waals surface area contributed by atoms with Gasteiger partial charge in [0.25, 0.3) is 0 Å². The summed E-state index contributed by atoms with van der Waals surface area (Å²) in [5, 5.41) is 2.85. The van der Waals surface area contributed by atoms with Crippen molar-refractivity contribution in [2.45, 2.75) is 19.9 Å². The zero-order valence-electron chi connectivity index (χ0n) is 15.6. The van der Waals surface area contributed by atoms with Crippen molar-refractivity contribution < 1.29 is 9.53 Å². The first-order valence-corrected chi connectivity index (χ1v) is 10.1. The van der Waals surface area contributed by atoms with E-state index in [1.807, 2.05) is 23.7 Å². The van der Waals surface area contributed by atoms with Gasteiger partial charge in [-0.1, -0.05) is 0 Å². The summed E-state index contributed by atoms with van der Waals surface area (Å²) in [5.74, 6) is 1.49. The van der Waals surface area contributed by atoms with Gasteiger partial charge >= 0.3 is 0 Å². The zero-order valence-corrected chi connectivity index (χ0v) is 16.4. The minimum atomic E-state index is 0.0124. The molecule has 4 aromatic rings. The van der Waals surface area contributed by atoms with Gasteiger partial charge in [0.1, 0.15) is 5.65 Å². The Bertz CT molecular complexity index is 1200. The number of pyridine rings is 1. The molecule has 8 heteroatoms. The number of morpholine rings is 1. The number of aromatic amines is 1. The van der Waals surface area contributed by atoms with Gasteiger partial charge in [-0.05, 0) is 26.0 Å². The van der Waals surface area contributed by atoms with E-state index in [9.17, 15) is 4.79 Å². The third-order valence-corrected chi connectivity index (χ3v) is 6.08. The summed E-state index contributed by atoms with van der Waals surface area (Å²) in [7, 11) is 0. The molecule has 0 amide bonds. The van der Waals surface area contributed by atoms with E-state index in [1.165, 1.54) is 11.3 Å². The number of H-pyrrole nitrogens is 1. The van der Waals surface area contributed by atoms with Gasteiger partial charge in [-0.25, -0.2) is 15.0 Å². The van der Waals surface area contributed by atoms with Crippen molar-refractivity contribution in [2.24, 2.45) is 0 Å². The molecule has 0 unspecified atom stereocenters. The third kappa shape index (κ3) is 2.68. The lowest BCUT2D eigenvalue weighted by atomic mass is 10.1. The van der Waals surface area contributed by atoms with E-state index < -0.39 is 0 Å². The maximum Gasteiger partial charge on any atom is 0.163 e. The monoisotopic (exact) mass is 393 g/mol. The number of rotatable bonds is 3. The van der Waals surface area contributed by atoms with Crippen molar-refractivity contribution in [1.29, 1.82) is 0 Å². The Morgan fingerprint density at radius 3 is 3.07 bits per heavy atom. The standard InChI is InChI=1S/C20H19N5O2S/c1-11-9-27-8-7-25(11)20-17-16(15(10-28-17)12(2)26)23-19(24-20)14-4-6-22-18-13(14)3-5-21-18/h3-6,10-11H,7-9H2,1-2H3,(H,21,22)/t11-/m1/s1. The number of thiophene rings is 1. The molecule has 0 radical (unpaired) electrons. The molecule has 142 valence electrons. The molecule has 1 atom stereocenters. The molecular formula is C20H19N5O2S. The molecule has 5 rings (SSSR count). The van der Waals surface area contributed by atoms with Gasteiger partial charge in [0.15, 0.2) is 17.4 Å². The fourth-order valence-electron chi connectivity index (χ4n) is 3.67. The highest BCUT2D eigenvalue weighted by Gasteiger charge is 2.26. The molecular weight excluding hydrogens is 374 g/mol. The van der Waals surface area contributed by atoms with Gasteiger partial charge < -0.3 is 14.6 Å². The van der Waals surface area contributed by atoms with Crippen LogP contribution < -0.4 is 4.90 Å². The second-order valence-electron chi connectivity index (χ2n) is 6.97. The van der Waals surface area contributed by atoms with Gasteiger partial charge in [-0.3, -0.25) is 4.79 Å². The number of fused-ring (bicyclic) bond motifs is 2. The zero-order chi connectivity index (χ0) is 19.3. The van der Waals surface area contributed by atoms with Crippen LogP contribution in [0.1, 0.15) is 24.2 Å². The number of nitrogens with zero attached hydrogens (tertiary/aromatic N) is 4. The Morgan fingerprint density at radius 2 is 2.25 bits per heavy atom. The Hall–Kier alpha value is -2.84. The first kappa shape index (κ1) is 17.3. The topological polar surface area (TPSA) is 84.0 Å². The quantitative estimate of drug-likeness (QED) is 0.535. The molecule has 0 aliphatic carbocycles. The molecule has 5 heterocycles. The number of nitrogens with one attached hydrogen (secondary N) is 1. The molecule has 0 spiro atoms. The minimum Gasteiger partial charge on any atom is -0.377 e. The predicted molar refractivity (Wildman–Crippen MR) is 110 cm³/mol. The lowest BCUT2D eigenvalue weighted by molar-refractivity contribution is 0.0987. The van der Waals surface area contributed by atoms with Crippen molar-refractivity contribution in [3.8, 4) is 11.4 Å². The molecule has 28 heavy (non-hydrogen) atoms. The largest absolute Gasteiger partial charge is 0.377 e. The fourth-order valence-corrected chi connectivity index (χ4v) is 4.71. The van der Waals surface area contributed by atoms with Crippen LogP contribution in [0.3, 0.4) is 0 Å². The highest BCUT2D eigenvalue weighted by Crippen LogP contribution is 2.36. The Morgan fingerprint density at radius 1 is 1.36 bits per heavy atom.